The van der Waals surface area contributed by atoms with E-state index >= 15 is 0 Å². The topological polar surface area (TPSA) is 48.0 Å². The maximum atomic E-state index is 13.3. The van der Waals surface area contributed by atoms with Crippen LogP contribution in [0.3, 0.4) is 0 Å². The van der Waals surface area contributed by atoms with Crippen LogP contribution in [0.2, 0.25) is 0 Å². The average molecular weight is 413 g/mol. The standard InChI is InChI=1S/C22H26FN5S/c1-4-22(2,3)28-21(24-25-26-28)20(19-6-5-15-29-19)27-13-11-17(12-14-27)16-7-9-18(23)10-8-16/h5-11,15,20H,4,12-14H2,1-3H3/p+1/t20-/m1/s1. The second-order valence-electron chi connectivity index (χ2n) is 8.16. The molecule has 0 spiro atoms. The fourth-order valence-corrected chi connectivity index (χ4v) is 4.74. The maximum Gasteiger partial charge on any atom is 0.215 e. The summed E-state index contributed by atoms with van der Waals surface area (Å²) in [6, 6.07) is 11.2. The molecule has 0 amide bonds. The molecule has 0 aliphatic carbocycles. The molecule has 1 aliphatic rings. The molecule has 0 saturated heterocycles. The van der Waals surface area contributed by atoms with Crippen molar-refractivity contribution >= 4 is 16.9 Å². The molecule has 2 aromatic heterocycles. The first-order valence-electron chi connectivity index (χ1n) is 10.1. The van der Waals surface area contributed by atoms with Crippen LogP contribution in [0.5, 0.6) is 0 Å². The van der Waals surface area contributed by atoms with Crippen molar-refractivity contribution < 1.29 is 9.29 Å². The third-order valence-electron chi connectivity index (χ3n) is 5.97. The first-order valence-corrected chi connectivity index (χ1v) is 11.0. The largest absolute Gasteiger partial charge is 0.318 e. The molecular weight excluding hydrogens is 385 g/mol. The Labute approximate surface area is 174 Å². The number of hydrogen-bond donors (Lipinski definition) is 1. The lowest BCUT2D eigenvalue weighted by Crippen LogP contribution is -3.13. The van der Waals surface area contributed by atoms with E-state index in [1.165, 1.54) is 27.5 Å². The Balaban J connectivity index is 1.65. The number of benzene rings is 1. The van der Waals surface area contributed by atoms with Gasteiger partial charge in [0.05, 0.1) is 23.5 Å². The summed E-state index contributed by atoms with van der Waals surface area (Å²) in [5.41, 5.74) is 2.25. The summed E-state index contributed by atoms with van der Waals surface area (Å²) in [4.78, 5) is 2.71. The van der Waals surface area contributed by atoms with Crippen LogP contribution in [0.1, 0.15) is 55.9 Å². The number of aromatic nitrogens is 4. The minimum absolute atomic E-state index is 0.0989. The number of nitrogens with zero attached hydrogens (tertiary/aromatic N) is 4. The minimum Gasteiger partial charge on any atom is -0.318 e. The molecule has 1 N–H and O–H groups in total. The lowest BCUT2D eigenvalue weighted by atomic mass is 9.97. The first-order chi connectivity index (χ1) is 14.0. The van der Waals surface area contributed by atoms with E-state index in [4.69, 9.17) is 0 Å². The van der Waals surface area contributed by atoms with Crippen molar-refractivity contribution in [3.63, 3.8) is 0 Å². The lowest BCUT2D eigenvalue weighted by molar-refractivity contribution is -0.921. The van der Waals surface area contributed by atoms with E-state index in [-0.39, 0.29) is 17.4 Å². The van der Waals surface area contributed by atoms with Crippen molar-refractivity contribution in [2.45, 2.75) is 45.2 Å². The van der Waals surface area contributed by atoms with Crippen molar-refractivity contribution in [2.24, 2.45) is 0 Å². The Morgan fingerprint density at radius 3 is 2.66 bits per heavy atom. The predicted octanol–water partition coefficient (Wildman–Crippen LogP) is 3.48. The van der Waals surface area contributed by atoms with E-state index in [0.29, 0.717) is 0 Å². The molecule has 152 valence electrons. The highest BCUT2D eigenvalue weighted by molar-refractivity contribution is 7.10. The van der Waals surface area contributed by atoms with Crippen LogP contribution in [-0.2, 0) is 5.54 Å². The van der Waals surface area contributed by atoms with Gasteiger partial charge in [-0.2, -0.15) is 0 Å². The SMILES string of the molecule is CCC(C)(C)n1nnnc1[C@@H](c1cccs1)[NH+]1CC=C(c2ccc(F)cc2)CC1. The molecule has 7 heteroatoms. The molecule has 1 aliphatic heterocycles. The number of thiophene rings is 1. The van der Waals surface area contributed by atoms with E-state index in [1.54, 1.807) is 11.3 Å². The van der Waals surface area contributed by atoms with Crippen LogP contribution in [0.15, 0.2) is 47.9 Å². The highest BCUT2D eigenvalue weighted by atomic mass is 32.1. The molecule has 5 nitrogen and oxygen atoms in total. The zero-order chi connectivity index (χ0) is 20.4. The maximum absolute atomic E-state index is 13.3. The fourth-order valence-electron chi connectivity index (χ4n) is 3.86. The summed E-state index contributed by atoms with van der Waals surface area (Å²) in [5, 5.41) is 15.0. The van der Waals surface area contributed by atoms with Gasteiger partial charge in [-0.1, -0.05) is 25.1 Å². The minimum atomic E-state index is -0.194. The molecule has 0 saturated carbocycles. The number of quaternary nitrogens is 1. The average Bonchev–Trinajstić information content (AvgIpc) is 3.43. The number of halogens is 1. The van der Waals surface area contributed by atoms with Crippen molar-refractivity contribution in [1.82, 2.24) is 20.2 Å². The molecule has 29 heavy (non-hydrogen) atoms. The summed E-state index contributed by atoms with van der Waals surface area (Å²) >= 11 is 1.76. The van der Waals surface area contributed by atoms with Crippen LogP contribution >= 0.6 is 11.3 Å². The molecule has 4 rings (SSSR count). The van der Waals surface area contributed by atoms with Gasteiger partial charge in [0.25, 0.3) is 0 Å². The van der Waals surface area contributed by atoms with Crippen LogP contribution < -0.4 is 4.90 Å². The Bertz CT molecular complexity index is 975. The number of rotatable bonds is 6. The monoisotopic (exact) mass is 412 g/mol. The van der Waals surface area contributed by atoms with Crippen molar-refractivity contribution in [1.29, 1.82) is 0 Å². The molecule has 0 fully saturated rings. The van der Waals surface area contributed by atoms with Crippen LogP contribution in [0.4, 0.5) is 4.39 Å². The summed E-state index contributed by atoms with van der Waals surface area (Å²) in [6.45, 7) is 8.38. The van der Waals surface area contributed by atoms with Gasteiger partial charge >= 0.3 is 0 Å². The second kappa shape index (κ2) is 8.16. The Hall–Kier alpha value is -2.38. The summed E-state index contributed by atoms with van der Waals surface area (Å²) in [7, 11) is 0. The zero-order valence-electron chi connectivity index (χ0n) is 17.1. The molecular formula is C22H27FN5S+. The fraction of sp³-hybridized carbons (Fsp3) is 0.409. The Morgan fingerprint density at radius 2 is 2.03 bits per heavy atom. The summed E-state index contributed by atoms with van der Waals surface area (Å²) < 4.78 is 15.3. The lowest BCUT2D eigenvalue weighted by Gasteiger charge is -2.32. The smallest absolute Gasteiger partial charge is 0.215 e. The first kappa shape index (κ1) is 19.9. The van der Waals surface area contributed by atoms with Crippen LogP contribution in [0, 0.1) is 5.82 Å². The molecule has 0 bridgehead atoms. The molecule has 3 aromatic rings. The predicted molar refractivity (Wildman–Crippen MR) is 113 cm³/mol. The number of hydrogen-bond acceptors (Lipinski definition) is 4. The third kappa shape index (κ3) is 4.02. The van der Waals surface area contributed by atoms with E-state index in [1.807, 2.05) is 16.8 Å². The van der Waals surface area contributed by atoms with Crippen molar-refractivity contribution in [2.75, 3.05) is 13.1 Å². The van der Waals surface area contributed by atoms with Gasteiger partial charge in [0.2, 0.25) is 5.82 Å². The van der Waals surface area contributed by atoms with Gasteiger partial charge < -0.3 is 4.90 Å². The van der Waals surface area contributed by atoms with Gasteiger partial charge in [-0.05, 0) is 71.5 Å². The molecule has 3 heterocycles. The normalized spacial score (nSPS) is 18.5. The van der Waals surface area contributed by atoms with Crippen molar-refractivity contribution in [3.8, 4) is 0 Å². The Kier molecular flexibility index (Phi) is 5.61. The second-order valence-corrected chi connectivity index (χ2v) is 9.14. The molecule has 0 radical (unpaired) electrons. The summed E-state index contributed by atoms with van der Waals surface area (Å²) in [5.74, 6) is 0.730. The number of nitrogens with one attached hydrogen (secondary N) is 1. The quantitative estimate of drug-likeness (QED) is 0.674. The highest BCUT2D eigenvalue weighted by Crippen LogP contribution is 2.28. The molecule has 1 unspecified atom stereocenters. The van der Waals surface area contributed by atoms with Gasteiger partial charge in [0.1, 0.15) is 5.82 Å². The number of tetrazole rings is 1. The zero-order valence-corrected chi connectivity index (χ0v) is 17.9. The summed E-state index contributed by atoms with van der Waals surface area (Å²) in [6.07, 6.45) is 4.18. The van der Waals surface area contributed by atoms with Crippen molar-refractivity contribution in [3.05, 3.63) is 69.9 Å². The molecule has 2 atom stereocenters. The Morgan fingerprint density at radius 1 is 1.24 bits per heavy atom. The van der Waals surface area contributed by atoms with Gasteiger partial charge in [0.15, 0.2) is 6.04 Å². The van der Waals surface area contributed by atoms with Crippen LogP contribution in [0.25, 0.3) is 5.57 Å². The highest BCUT2D eigenvalue weighted by Gasteiger charge is 2.36. The van der Waals surface area contributed by atoms with E-state index in [9.17, 15) is 4.39 Å². The van der Waals surface area contributed by atoms with E-state index < -0.39 is 0 Å². The molecule has 1 aromatic carbocycles. The van der Waals surface area contributed by atoms with Gasteiger partial charge in [-0.3, -0.25) is 0 Å². The van der Waals surface area contributed by atoms with Gasteiger partial charge in [0, 0.05) is 6.42 Å². The van der Waals surface area contributed by atoms with Gasteiger partial charge in [-0.15, -0.1) is 16.4 Å². The van der Waals surface area contributed by atoms with E-state index in [0.717, 1.165) is 37.3 Å². The van der Waals surface area contributed by atoms with Gasteiger partial charge in [-0.25, -0.2) is 9.07 Å². The van der Waals surface area contributed by atoms with E-state index in [2.05, 4.69) is 59.9 Å². The third-order valence-corrected chi connectivity index (χ3v) is 6.90. The van der Waals surface area contributed by atoms with Crippen LogP contribution in [-0.4, -0.2) is 33.3 Å².